The SMILES string of the molecule is CCCCCC/C=C\C=C/CCCCCCCC(=O)OC[C@H](COP(=O)(O)OC[C@@H](O)COP(=O)(O)OC[C@@H](COC(=O)CCCCCCC)OC(=O)CCCCCCCCCCCCCCC(C)C)OC(=O)CCCCCCCCCCCCCCCCCCCCC. The van der Waals surface area contributed by atoms with Crippen LogP contribution in [0.3, 0.4) is 0 Å². The zero-order valence-corrected chi connectivity index (χ0v) is 62.4. The van der Waals surface area contributed by atoms with Crippen LogP contribution in [0.25, 0.3) is 0 Å². The van der Waals surface area contributed by atoms with E-state index in [9.17, 15) is 43.2 Å². The molecule has 0 fully saturated rings. The van der Waals surface area contributed by atoms with Gasteiger partial charge in [-0.25, -0.2) is 9.13 Å². The van der Waals surface area contributed by atoms with Gasteiger partial charge in [-0.2, -0.15) is 0 Å². The summed E-state index contributed by atoms with van der Waals surface area (Å²) in [6, 6.07) is 0. The molecule has 0 aromatic rings. The molecule has 0 aliphatic heterocycles. The summed E-state index contributed by atoms with van der Waals surface area (Å²) in [4.78, 5) is 72.5. The molecular formula is C75H142O17P2. The minimum absolute atomic E-state index is 0.102. The average Bonchev–Trinajstić information content (AvgIpc) is 1.72. The molecule has 0 saturated heterocycles. The van der Waals surface area contributed by atoms with Crippen LogP contribution in [0.4, 0.5) is 0 Å². The first-order chi connectivity index (χ1) is 45.5. The predicted octanol–water partition coefficient (Wildman–Crippen LogP) is 21.6. The minimum atomic E-state index is -4.96. The van der Waals surface area contributed by atoms with Gasteiger partial charge in [-0.15, -0.1) is 0 Å². The largest absolute Gasteiger partial charge is 0.472 e. The van der Waals surface area contributed by atoms with E-state index in [0.717, 1.165) is 121 Å². The Labute approximate surface area is 573 Å². The molecule has 0 saturated carbocycles. The third kappa shape index (κ3) is 68.1. The number of esters is 4. The molecule has 2 unspecified atom stereocenters. The van der Waals surface area contributed by atoms with E-state index < -0.39 is 97.5 Å². The monoisotopic (exact) mass is 1380 g/mol. The maximum absolute atomic E-state index is 13.1. The van der Waals surface area contributed by atoms with E-state index in [-0.39, 0.29) is 25.7 Å². The van der Waals surface area contributed by atoms with Crippen LogP contribution < -0.4 is 0 Å². The summed E-state index contributed by atoms with van der Waals surface area (Å²) in [6.07, 6.45) is 59.5. The van der Waals surface area contributed by atoms with Crippen LogP contribution in [0.15, 0.2) is 24.3 Å². The molecule has 17 nitrogen and oxygen atoms in total. The topological polar surface area (TPSA) is 237 Å². The highest BCUT2D eigenvalue weighted by atomic mass is 31.2. The second-order valence-electron chi connectivity index (χ2n) is 26.8. The number of phosphoric acid groups is 2. The van der Waals surface area contributed by atoms with E-state index in [0.29, 0.717) is 25.7 Å². The van der Waals surface area contributed by atoms with Crippen LogP contribution >= 0.6 is 15.6 Å². The highest BCUT2D eigenvalue weighted by Crippen LogP contribution is 2.45. The Morgan fingerprint density at radius 3 is 0.872 bits per heavy atom. The Bertz CT molecular complexity index is 1900. The predicted molar refractivity (Wildman–Crippen MR) is 381 cm³/mol. The summed E-state index contributed by atoms with van der Waals surface area (Å²) >= 11 is 0. The van der Waals surface area contributed by atoms with Gasteiger partial charge in [0.25, 0.3) is 0 Å². The smallest absolute Gasteiger partial charge is 0.462 e. The standard InChI is InChI=1S/C75H142O17P2/c1-6-9-12-15-17-19-21-23-25-26-27-28-30-32-37-41-45-50-55-61-75(80)92-71(65-86-73(78)59-54-49-44-40-36-31-29-24-22-20-18-16-13-10-7-2)67-90-94(83,84)88-63-69(76)62-87-93(81,82)89-66-70(64-85-72(77)58-53-47-14-11-8-3)91-74(79)60-56-51-46-42-38-34-33-35-39-43-48-52-57-68(4)5/h20,22,24,29,68-71,76H,6-19,21,23,25-28,30-67H2,1-5H3,(H,81,82)(H,83,84)/b22-20-,29-24-/t69-,70+,71+/m0/s1. The van der Waals surface area contributed by atoms with E-state index in [2.05, 4.69) is 58.9 Å². The fourth-order valence-electron chi connectivity index (χ4n) is 11.0. The number of hydrogen-bond donors (Lipinski definition) is 3. The van der Waals surface area contributed by atoms with Crippen molar-refractivity contribution < 1.29 is 80.2 Å². The highest BCUT2D eigenvalue weighted by Gasteiger charge is 2.30. The zero-order valence-electron chi connectivity index (χ0n) is 60.6. The molecule has 19 heteroatoms. The minimum Gasteiger partial charge on any atom is -0.462 e. The zero-order chi connectivity index (χ0) is 69.1. The van der Waals surface area contributed by atoms with Gasteiger partial charge in [0.1, 0.15) is 19.3 Å². The van der Waals surface area contributed by atoms with Crippen LogP contribution in [0.2, 0.25) is 0 Å². The quantitative estimate of drug-likeness (QED) is 0.0169. The number of aliphatic hydroxyl groups is 1. The number of carbonyl (C=O) groups is 4. The molecule has 0 bridgehead atoms. The first-order valence-electron chi connectivity index (χ1n) is 38.5. The Morgan fingerprint density at radius 2 is 0.574 bits per heavy atom. The van der Waals surface area contributed by atoms with Crippen molar-refractivity contribution in [3.05, 3.63) is 24.3 Å². The van der Waals surface area contributed by atoms with E-state index in [1.807, 2.05) is 0 Å². The number of phosphoric ester groups is 2. The van der Waals surface area contributed by atoms with Crippen molar-refractivity contribution in [3.63, 3.8) is 0 Å². The van der Waals surface area contributed by atoms with Crippen molar-refractivity contribution in [2.75, 3.05) is 39.6 Å². The highest BCUT2D eigenvalue weighted by molar-refractivity contribution is 7.47. The lowest BCUT2D eigenvalue weighted by atomic mass is 10.0. The van der Waals surface area contributed by atoms with E-state index in [1.54, 1.807) is 0 Å². The molecule has 0 aromatic heterocycles. The fraction of sp³-hybridized carbons (Fsp3) is 0.893. The Hall–Kier alpha value is -2.46. The number of aliphatic hydroxyl groups excluding tert-OH is 1. The van der Waals surface area contributed by atoms with Crippen LogP contribution in [-0.4, -0.2) is 96.7 Å². The summed E-state index contributed by atoms with van der Waals surface area (Å²) in [6.45, 7) is 7.14. The van der Waals surface area contributed by atoms with Crippen molar-refractivity contribution in [2.45, 2.75) is 387 Å². The maximum atomic E-state index is 13.1. The molecule has 0 aromatic carbocycles. The van der Waals surface area contributed by atoms with Gasteiger partial charge in [0.2, 0.25) is 0 Å². The molecule has 0 rings (SSSR count). The Morgan fingerprint density at radius 1 is 0.330 bits per heavy atom. The maximum Gasteiger partial charge on any atom is 0.472 e. The van der Waals surface area contributed by atoms with Crippen molar-refractivity contribution in [1.82, 2.24) is 0 Å². The molecule has 0 spiro atoms. The third-order valence-corrected chi connectivity index (χ3v) is 18.8. The van der Waals surface area contributed by atoms with Gasteiger partial charge in [0, 0.05) is 25.7 Å². The summed E-state index contributed by atoms with van der Waals surface area (Å²) in [5.74, 6) is -1.38. The van der Waals surface area contributed by atoms with Crippen molar-refractivity contribution >= 4 is 39.5 Å². The number of ether oxygens (including phenoxy) is 4. The Balaban J connectivity index is 5.17. The molecule has 0 heterocycles. The molecule has 3 N–H and O–H groups in total. The number of rotatable bonds is 73. The van der Waals surface area contributed by atoms with Crippen LogP contribution in [0, 0.1) is 5.92 Å². The lowest BCUT2D eigenvalue weighted by molar-refractivity contribution is -0.161. The number of allylic oxidation sites excluding steroid dienone is 4. The normalized spacial score (nSPS) is 14.1. The van der Waals surface area contributed by atoms with E-state index >= 15 is 0 Å². The fourth-order valence-corrected chi connectivity index (χ4v) is 12.6. The Kier molecular flexibility index (Phi) is 65.9. The van der Waals surface area contributed by atoms with Gasteiger partial charge in [-0.1, -0.05) is 316 Å². The second kappa shape index (κ2) is 67.7. The summed E-state index contributed by atoms with van der Waals surface area (Å²) in [5, 5.41) is 10.6. The molecule has 0 radical (unpaired) electrons. The van der Waals surface area contributed by atoms with Crippen molar-refractivity contribution in [2.24, 2.45) is 5.92 Å². The van der Waals surface area contributed by atoms with Crippen LogP contribution in [0.1, 0.15) is 369 Å². The number of hydrogen-bond acceptors (Lipinski definition) is 15. The third-order valence-electron chi connectivity index (χ3n) is 16.9. The van der Waals surface area contributed by atoms with Gasteiger partial charge >= 0.3 is 39.5 Å². The van der Waals surface area contributed by atoms with E-state index in [4.69, 9.17) is 37.0 Å². The first kappa shape index (κ1) is 91.5. The average molecular weight is 1380 g/mol. The van der Waals surface area contributed by atoms with Crippen LogP contribution in [0.5, 0.6) is 0 Å². The molecule has 0 aliphatic carbocycles. The molecular weight excluding hydrogens is 1230 g/mol. The molecule has 0 aliphatic rings. The van der Waals surface area contributed by atoms with Gasteiger partial charge in [-0.3, -0.25) is 37.3 Å². The van der Waals surface area contributed by atoms with Gasteiger partial charge in [-0.05, 0) is 57.3 Å². The van der Waals surface area contributed by atoms with Gasteiger partial charge in [0.05, 0.1) is 26.4 Å². The number of carbonyl (C=O) groups excluding carboxylic acids is 4. The second-order valence-corrected chi connectivity index (χ2v) is 29.7. The van der Waals surface area contributed by atoms with Gasteiger partial charge in [0.15, 0.2) is 12.2 Å². The summed E-state index contributed by atoms with van der Waals surface area (Å²) in [5.41, 5.74) is 0. The lowest BCUT2D eigenvalue weighted by Crippen LogP contribution is -2.30. The molecule has 0 amide bonds. The lowest BCUT2D eigenvalue weighted by Gasteiger charge is -2.21. The summed E-state index contributed by atoms with van der Waals surface area (Å²) < 4.78 is 68.2. The molecule has 5 atom stereocenters. The van der Waals surface area contributed by atoms with Crippen molar-refractivity contribution in [1.29, 1.82) is 0 Å². The molecule has 94 heavy (non-hydrogen) atoms. The first-order valence-corrected chi connectivity index (χ1v) is 41.4. The number of unbranched alkanes of at least 4 members (excludes halogenated alkanes) is 42. The molecule has 554 valence electrons. The van der Waals surface area contributed by atoms with Gasteiger partial charge < -0.3 is 33.8 Å². The van der Waals surface area contributed by atoms with Crippen molar-refractivity contribution in [3.8, 4) is 0 Å². The summed E-state index contributed by atoms with van der Waals surface area (Å²) in [7, 11) is -9.91. The van der Waals surface area contributed by atoms with Crippen LogP contribution in [-0.2, 0) is 65.4 Å². The van der Waals surface area contributed by atoms with E-state index in [1.165, 1.54) is 167 Å².